The summed E-state index contributed by atoms with van der Waals surface area (Å²) in [6.45, 7) is 5.27. The highest BCUT2D eigenvalue weighted by Crippen LogP contribution is 2.16. The Balaban J connectivity index is 3.36. The Bertz CT molecular complexity index is 802. The number of carbonyl (C=O) groups excluding carboxylic acids is 1. The van der Waals surface area contributed by atoms with Gasteiger partial charge in [0.05, 0.1) is 13.2 Å². The molecule has 0 aliphatic carbocycles. The van der Waals surface area contributed by atoms with Gasteiger partial charge < -0.3 is 14.6 Å². The molecule has 0 aromatic rings. The SMILES string of the molecule is CC/C=C\C/C=C\C/C=C\CCCCCCCCCC(=O)OC(CO)COCCCCCCCCCCCCCCCCCCCCCCCCCCC. The molecule has 1 unspecified atom stereocenters. The minimum Gasteiger partial charge on any atom is -0.457 e. The van der Waals surface area contributed by atoms with Crippen molar-refractivity contribution in [2.24, 2.45) is 0 Å². The van der Waals surface area contributed by atoms with Crippen LogP contribution in [0.3, 0.4) is 0 Å². The number of rotatable bonds is 45. The first kappa shape index (κ1) is 52.6. The lowest BCUT2D eigenvalue weighted by atomic mass is 10.0. The van der Waals surface area contributed by atoms with Crippen LogP contribution >= 0.6 is 0 Å². The van der Waals surface area contributed by atoms with Crippen LogP contribution in [0, 0.1) is 0 Å². The average molecular weight is 759 g/mol. The van der Waals surface area contributed by atoms with Gasteiger partial charge in [-0.2, -0.15) is 0 Å². The molecular formula is C50H94O4. The van der Waals surface area contributed by atoms with Gasteiger partial charge in [0.2, 0.25) is 0 Å². The predicted octanol–water partition coefficient (Wildman–Crippen LogP) is 16.0. The molecule has 1 N–H and O–H groups in total. The molecule has 0 spiro atoms. The Morgan fingerprint density at radius 1 is 0.463 bits per heavy atom. The van der Waals surface area contributed by atoms with Crippen LogP contribution in [0.2, 0.25) is 0 Å². The first-order valence-corrected chi connectivity index (χ1v) is 24.1. The van der Waals surface area contributed by atoms with E-state index in [4.69, 9.17) is 9.47 Å². The highest BCUT2D eigenvalue weighted by atomic mass is 16.6. The minimum absolute atomic E-state index is 0.173. The van der Waals surface area contributed by atoms with E-state index >= 15 is 0 Å². The molecule has 0 fully saturated rings. The Labute approximate surface area is 338 Å². The molecule has 0 amide bonds. The minimum atomic E-state index is -0.537. The van der Waals surface area contributed by atoms with Crippen molar-refractivity contribution in [1.29, 1.82) is 0 Å². The van der Waals surface area contributed by atoms with E-state index in [1.165, 1.54) is 193 Å². The molecule has 318 valence electrons. The van der Waals surface area contributed by atoms with E-state index in [0.29, 0.717) is 19.6 Å². The molecule has 0 aliphatic heterocycles. The van der Waals surface area contributed by atoms with E-state index in [9.17, 15) is 9.90 Å². The van der Waals surface area contributed by atoms with Crippen molar-refractivity contribution in [3.05, 3.63) is 36.5 Å². The molecule has 0 radical (unpaired) electrons. The van der Waals surface area contributed by atoms with Crippen LogP contribution in [0.25, 0.3) is 0 Å². The van der Waals surface area contributed by atoms with Gasteiger partial charge in [-0.25, -0.2) is 0 Å². The molecule has 1 atom stereocenters. The van der Waals surface area contributed by atoms with E-state index in [0.717, 1.165) is 38.5 Å². The summed E-state index contributed by atoms with van der Waals surface area (Å²) in [7, 11) is 0. The normalized spacial score (nSPS) is 12.6. The summed E-state index contributed by atoms with van der Waals surface area (Å²) in [5, 5.41) is 9.63. The van der Waals surface area contributed by atoms with Crippen LogP contribution in [-0.2, 0) is 14.3 Å². The number of carbonyl (C=O) groups is 1. The Kier molecular flexibility index (Phi) is 46.5. The van der Waals surface area contributed by atoms with Crippen LogP contribution < -0.4 is 0 Å². The molecule has 0 rings (SSSR count). The summed E-state index contributed by atoms with van der Waals surface area (Å²) in [4.78, 5) is 12.2. The van der Waals surface area contributed by atoms with Crippen LogP contribution in [0.4, 0.5) is 0 Å². The average Bonchev–Trinajstić information content (AvgIpc) is 3.18. The fourth-order valence-electron chi connectivity index (χ4n) is 7.17. The van der Waals surface area contributed by atoms with Crippen molar-refractivity contribution in [2.45, 2.75) is 258 Å². The van der Waals surface area contributed by atoms with E-state index < -0.39 is 6.10 Å². The fourth-order valence-corrected chi connectivity index (χ4v) is 7.17. The topological polar surface area (TPSA) is 55.8 Å². The Morgan fingerprint density at radius 3 is 1.26 bits per heavy atom. The van der Waals surface area contributed by atoms with Crippen LogP contribution in [0.1, 0.15) is 251 Å². The van der Waals surface area contributed by atoms with Crippen LogP contribution in [0.5, 0.6) is 0 Å². The standard InChI is InChI=1S/C50H94O4/c1-3-5-7-9-11-13-15-17-19-21-22-23-24-25-26-27-28-30-32-34-36-38-40-42-44-46-53-48-49(47-51)54-50(52)45-43-41-39-37-35-33-31-29-20-18-16-14-12-10-8-6-4-2/h6,8,12,14,18,20,49,51H,3-5,7,9-11,13,15-17,19,21-48H2,1-2H3/b8-6-,14-12-,20-18-. The summed E-state index contributed by atoms with van der Waals surface area (Å²) in [5.41, 5.74) is 0. The van der Waals surface area contributed by atoms with E-state index in [1.807, 2.05) is 0 Å². The maximum absolute atomic E-state index is 12.2. The number of aliphatic hydroxyl groups excluding tert-OH is 1. The molecule has 4 heteroatoms. The second kappa shape index (κ2) is 47.8. The Hall–Kier alpha value is -1.39. The third-order valence-electron chi connectivity index (χ3n) is 10.7. The van der Waals surface area contributed by atoms with Crippen molar-refractivity contribution in [1.82, 2.24) is 0 Å². The lowest BCUT2D eigenvalue weighted by Gasteiger charge is -2.16. The molecule has 0 bridgehead atoms. The monoisotopic (exact) mass is 759 g/mol. The first-order valence-electron chi connectivity index (χ1n) is 24.1. The van der Waals surface area contributed by atoms with Gasteiger partial charge in [-0.05, 0) is 44.9 Å². The zero-order valence-electron chi connectivity index (χ0n) is 36.5. The molecule has 0 saturated carbocycles. The van der Waals surface area contributed by atoms with Gasteiger partial charge in [0.1, 0.15) is 6.10 Å². The van der Waals surface area contributed by atoms with Gasteiger partial charge >= 0.3 is 5.97 Å². The molecule has 4 nitrogen and oxygen atoms in total. The van der Waals surface area contributed by atoms with Crippen LogP contribution in [0.15, 0.2) is 36.5 Å². The van der Waals surface area contributed by atoms with E-state index in [1.54, 1.807) is 0 Å². The molecule has 0 aromatic carbocycles. The van der Waals surface area contributed by atoms with Crippen LogP contribution in [-0.4, -0.2) is 37.0 Å². The molecule has 0 saturated heterocycles. The number of allylic oxidation sites excluding steroid dienone is 6. The van der Waals surface area contributed by atoms with Gasteiger partial charge in [-0.3, -0.25) is 4.79 Å². The first-order chi connectivity index (χ1) is 26.7. The summed E-state index contributed by atoms with van der Waals surface area (Å²) < 4.78 is 11.2. The second-order valence-electron chi connectivity index (χ2n) is 16.2. The maximum Gasteiger partial charge on any atom is 0.306 e. The third-order valence-corrected chi connectivity index (χ3v) is 10.7. The summed E-state index contributed by atoms with van der Waals surface area (Å²) in [6, 6.07) is 0. The van der Waals surface area contributed by atoms with Gasteiger partial charge in [-0.1, -0.05) is 237 Å². The Morgan fingerprint density at radius 2 is 0.833 bits per heavy atom. The lowest BCUT2D eigenvalue weighted by molar-refractivity contribution is -0.154. The van der Waals surface area contributed by atoms with Crippen molar-refractivity contribution in [2.75, 3.05) is 19.8 Å². The highest BCUT2D eigenvalue weighted by molar-refractivity contribution is 5.69. The van der Waals surface area contributed by atoms with Crippen molar-refractivity contribution in [3.8, 4) is 0 Å². The lowest BCUT2D eigenvalue weighted by Crippen LogP contribution is -2.27. The molecular weight excluding hydrogens is 665 g/mol. The molecule has 0 aromatic heterocycles. The third kappa shape index (κ3) is 45.0. The zero-order valence-corrected chi connectivity index (χ0v) is 36.5. The molecule has 0 heterocycles. The van der Waals surface area contributed by atoms with E-state index in [2.05, 4.69) is 50.3 Å². The summed E-state index contributed by atoms with van der Waals surface area (Å²) in [6.07, 6.45) is 60.9. The van der Waals surface area contributed by atoms with E-state index in [-0.39, 0.29) is 12.6 Å². The zero-order chi connectivity index (χ0) is 39.1. The van der Waals surface area contributed by atoms with Crippen molar-refractivity contribution in [3.63, 3.8) is 0 Å². The van der Waals surface area contributed by atoms with Gasteiger partial charge in [0, 0.05) is 13.0 Å². The smallest absolute Gasteiger partial charge is 0.306 e. The summed E-state index contributed by atoms with van der Waals surface area (Å²) in [5.74, 6) is -0.207. The number of hydrogen-bond donors (Lipinski definition) is 1. The number of aliphatic hydroxyl groups is 1. The molecule has 54 heavy (non-hydrogen) atoms. The highest BCUT2D eigenvalue weighted by Gasteiger charge is 2.13. The van der Waals surface area contributed by atoms with Gasteiger partial charge in [0.15, 0.2) is 0 Å². The molecule has 0 aliphatic rings. The van der Waals surface area contributed by atoms with Gasteiger partial charge in [0.25, 0.3) is 0 Å². The number of esters is 1. The maximum atomic E-state index is 12.2. The summed E-state index contributed by atoms with van der Waals surface area (Å²) >= 11 is 0. The largest absolute Gasteiger partial charge is 0.457 e. The number of hydrogen-bond acceptors (Lipinski definition) is 4. The van der Waals surface area contributed by atoms with Gasteiger partial charge in [-0.15, -0.1) is 0 Å². The number of unbranched alkanes of at least 4 members (excludes halogenated alkanes) is 31. The fraction of sp³-hybridized carbons (Fsp3) is 0.860. The van der Waals surface area contributed by atoms with Crippen molar-refractivity contribution >= 4 is 5.97 Å². The number of ether oxygens (including phenoxy) is 2. The predicted molar refractivity (Wildman–Crippen MR) is 237 cm³/mol. The second-order valence-corrected chi connectivity index (χ2v) is 16.2. The quantitative estimate of drug-likeness (QED) is 0.0382. The van der Waals surface area contributed by atoms with Crippen molar-refractivity contribution < 1.29 is 19.4 Å².